The van der Waals surface area contributed by atoms with Gasteiger partial charge in [-0.05, 0) is 61.1 Å². The zero-order valence-corrected chi connectivity index (χ0v) is 19.5. The first kappa shape index (κ1) is 23.8. The summed E-state index contributed by atoms with van der Waals surface area (Å²) in [4.78, 5) is 27.9. The van der Waals surface area contributed by atoms with E-state index in [1.165, 1.54) is 36.0 Å². The Morgan fingerprint density at radius 3 is 2.66 bits per heavy atom. The summed E-state index contributed by atoms with van der Waals surface area (Å²) in [6.45, 7) is 3.32. The van der Waals surface area contributed by atoms with E-state index >= 15 is 0 Å². The smallest absolute Gasteiger partial charge is 0.264 e. The fourth-order valence-corrected chi connectivity index (χ4v) is 5.35. The van der Waals surface area contributed by atoms with Gasteiger partial charge in [0.1, 0.15) is 11.1 Å². The lowest BCUT2D eigenvalue weighted by molar-refractivity contribution is -0.117. The van der Waals surface area contributed by atoms with Gasteiger partial charge in [0, 0.05) is 30.5 Å². The average Bonchev–Trinajstić information content (AvgIpc) is 2.72. The monoisotopic (exact) mass is 472 g/mol. The molecule has 168 valence electrons. The van der Waals surface area contributed by atoms with Gasteiger partial charge in [-0.15, -0.1) is 11.8 Å². The second kappa shape index (κ2) is 10.1. The van der Waals surface area contributed by atoms with E-state index in [0.29, 0.717) is 27.9 Å². The van der Waals surface area contributed by atoms with Crippen LogP contribution in [-0.2, 0) is 32.5 Å². The summed E-state index contributed by atoms with van der Waals surface area (Å²) in [5.74, 6) is 0.137. The number of nitriles is 1. The highest BCUT2D eigenvalue weighted by atomic mass is 32.2. The molecule has 1 unspecified atom stereocenters. The van der Waals surface area contributed by atoms with Crippen LogP contribution in [0, 0.1) is 17.2 Å². The van der Waals surface area contributed by atoms with Crippen molar-refractivity contribution < 1.29 is 18.0 Å². The number of benzene rings is 1. The molecule has 1 aliphatic rings. The summed E-state index contributed by atoms with van der Waals surface area (Å²) < 4.78 is 25.8. The molecule has 8 nitrogen and oxygen atoms in total. The van der Waals surface area contributed by atoms with Gasteiger partial charge in [-0.1, -0.05) is 6.92 Å². The predicted molar refractivity (Wildman–Crippen MR) is 122 cm³/mol. The van der Waals surface area contributed by atoms with E-state index in [4.69, 9.17) is 0 Å². The van der Waals surface area contributed by atoms with E-state index in [1.54, 1.807) is 0 Å². The lowest BCUT2D eigenvalue weighted by Crippen LogP contribution is -2.28. The molecule has 2 aromatic rings. The molecule has 1 aliphatic carbocycles. The molecule has 2 amide bonds. The van der Waals surface area contributed by atoms with Crippen LogP contribution in [0.4, 0.5) is 5.69 Å². The van der Waals surface area contributed by atoms with Gasteiger partial charge in [0.25, 0.3) is 10.0 Å². The summed E-state index contributed by atoms with van der Waals surface area (Å²) in [5, 5.41) is 12.8. The Morgan fingerprint density at radius 1 is 1.28 bits per heavy atom. The molecule has 2 N–H and O–H groups in total. The van der Waals surface area contributed by atoms with Gasteiger partial charge in [-0.25, -0.2) is 18.1 Å². The van der Waals surface area contributed by atoms with Crippen LogP contribution in [0.25, 0.3) is 0 Å². The molecule has 0 saturated carbocycles. The van der Waals surface area contributed by atoms with Crippen LogP contribution in [0.15, 0.2) is 40.3 Å². The van der Waals surface area contributed by atoms with E-state index in [0.717, 1.165) is 37.4 Å². The highest BCUT2D eigenvalue weighted by Crippen LogP contribution is 2.29. The number of sulfonamides is 1. The second-order valence-electron chi connectivity index (χ2n) is 7.74. The number of nitrogens with one attached hydrogen (secondary N) is 2. The summed E-state index contributed by atoms with van der Waals surface area (Å²) in [6, 6.07) is 9.68. The van der Waals surface area contributed by atoms with Crippen molar-refractivity contribution in [2.24, 2.45) is 5.92 Å². The van der Waals surface area contributed by atoms with Crippen molar-refractivity contribution in [3.05, 3.63) is 47.2 Å². The third-order valence-corrected chi connectivity index (χ3v) is 7.46. The van der Waals surface area contributed by atoms with Crippen LogP contribution in [0.2, 0.25) is 0 Å². The highest BCUT2D eigenvalue weighted by Gasteiger charge is 2.20. The number of pyridine rings is 1. The molecule has 1 atom stereocenters. The fourth-order valence-electron chi connectivity index (χ4n) is 3.45. The lowest BCUT2D eigenvalue weighted by Gasteiger charge is -2.21. The molecule has 0 aliphatic heterocycles. The Hall–Kier alpha value is -2.90. The number of anilines is 1. The molecule has 0 radical (unpaired) electrons. The third-order valence-electron chi connectivity index (χ3n) is 5.01. The Labute approximate surface area is 191 Å². The topological polar surface area (TPSA) is 129 Å². The molecule has 0 bridgehead atoms. The average molecular weight is 473 g/mol. The number of aromatic nitrogens is 1. The van der Waals surface area contributed by atoms with Crippen molar-refractivity contribution in [1.29, 1.82) is 5.26 Å². The van der Waals surface area contributed by atoms with E-state index in [9.17, 15) is 23.3 Å². The van der Waals surface area contributed by atoms with Crippen LogP contribution in [-0.4, -0.2) is 31.0 Å². The van der Waals surface area contributed by atoms with Crippen molar-refractivity contribution in [2.45, 2.75) is 49.5 Å². The fraction of sp³-hybridized carbons (Fsp3) is 0.364. The molecular formula is C22H24N4O4S2. The standard InChI is InChI=1S/C22H24N4O4S2/c1-14-3-8-20-16(11-14)12-17(13-23)22(25-20)31-10-9-21(28)24-18-4-6-19(7-5-18)32(29,30)26-15(2)27/h4-7,12,14H,3,8-11H2,1-2H3,(H,24,28)(H,26,27). The van der Waals surface area contributed by atoms with Crippen LogP contribution >= 0.6 is 11.8 Å². The number of nitrogens with zero attached hydrogens (tertiary/aromatic N) is 2. The summed E-state index contributed by atoms with van der Waals surface area (Å²) in [6.07, 6.45) is 3.14. The maximum atomic E-state index is 12.3. The summed E-state index contributed by atoms with van der Waals surface area (Å²) in [7, 11) is -3.91. The second-order valence-corrected chi connectivity index (χ2v) is 10.5. The molecule has 1 heterocycles. The normalized spacial score (nSPS) is 15.3. The Morgan fingerprint density at radius 2 is 2.00 bits per heavy atom. The molecule has 1 aromatic carbocycles. The number of aryl methyl sites for hydroxylation is 1. The van der Waals surface area contributed by atoms with E-state index in [2.05, 4.69) is 23.3 Å². The van der Waals surface area contributed by atoms with Crippen molar-refractivity contribution in [1.82, 2.24) is 9.71 Å². The molecule has 10 heteroatoms. The van der Waals surface area contributed by atoms with E-state index in [-0.39, 0.29) is 17.2 Å². The largest absolute Gasteiger partial charge is 0.326 e. The van der Waals surface area contributed by atoms with Gasteiger partial charge in [0.05, 0.1) is 10.5 Å². The van der Waals surface area contributed by atoms with Crippen LogP contribution in [0.5, 0.6) is 0 Å². The summed E-state index contributed by atoms with van der Waals surface area (Å²) >= 11 is 1.38. The minimum absolute atomic E-state index is 0.0711. The number of amides is 2. The SMILES string of the molecule is CC(=O)NS(=O)(=O)c1ccc(NC(=O)CCSc2nc3c(cc2C#N)CC(C)CC3)cc1. The number of thioether (sulfide) groups is 1. The van der Waals surface area contributed by atoms with Gasteiger partial charge in [0.2, 0.25) is 11.8 Å². The highest BCUT2D eigenvalue weighted by molar-refractivity contribution is 7.99. The molecule has 3 rings (SSSR count). The molecule has 32 heavy (non-hydrogen) atoms. The first-order chi connectivity index (χ1) is 15.2. The molecule has 1 aromatic heterocycles. The maximum Gasteiger partial charge on any atom is 0.264 e. The van der Waals surface area contributed by atoms with Crippen molar-refractivity contribution in [3.8, 4) is 6.07 Å². The molecule has 0 fully saturated rings. The Bertz CT molecular complexity index is 1170. The zero-order chi connectivity index (χ0) is 23.3. The quantitative estimate of drug-likeness (QED) is 0.593. The molecular weight excluding hydrogens is 448 g/mol. The number of rotatable bonds is 7. The van der Waals surface area contributed by atoms with Crippen molar-refractivity contribution >= 4 is 39.3 Å². The minimum atomic E-state index is -3.91. The number of fused-ring (bicyclic) bond motifs is 1. The van der Waals surface area contributed by atoms with Gasteiger partial charge in [-0.3, -0.25) is 9.59 Å². The number of hydrogen-bond acceptors (Lipinski definition) is 7. The van der Waals surface area contributed by atoms with Crippen LogP contribution in [0.3, 0.4) is 0 Å². The Balaban J connectivity index is 1.56. The zero-order valence-electron chi connectivity index (χ0n) is 17.8. The minimum Gasteiger partial charge on any atom is -0.326 e. The number of carbonyl (C=O) groups is 2. The maximum absolute atomic E-state index is 12.3. The van der Waals surface area contributed by atoms with Crippen molar-refractivity contribution in [2.75, 3.05) is 11.1 Å². The lowest BCUT2D eigenvalue weighted by atomic mass is 9.87. The van der Waals surface area contributed by atoms with Crippen LogP contribution < -0.4 is 10.0 Å². The van der Waals surface area contributed by atoms with E-state index in [1.807, 2.05) is 10.8 Å². The van der Waals surface area contributed by atoms with Gasteiger partial charge in [-0.2, -0.15) is 5.26 Å². The molecule has 0 spiro atoms. The first-order valence-corrected chi connectivity index (χ1v) is 12.6. The third kappa shape index (κ3) is 6.08. The van der Waals surface area contributed by atoms with E-state index < -0.39 is 15.9 Å². The van der Waals surface area contributed by atoms with Crippen LogP contribution in [0.1, 0.15) is 43.5 Å². The van der Waals surface area contributed by atoms with Gasteiger partial charge >= 0.3 is 0 Å². The first-order valence-electron chi connectivity index (χ1n) is 10.2. The Kier molecular flexibility index (Phi) is 7.53. The predicted octanol–water partition coefficient (Wildman–Crippen LogP) is 3.02. The number of hydrogen-bond donors (Lipinski definition) is 2. The molecule has 0 saturated heterocycles. The number of carbonyl (C=O) groups excluding carboxylic acids is 2. The van der Waals surface area contributed by atoms with Gasteiger partial charge in [0.15, 0.2) is 0 Å². The van der Waals surface area contributed by atoms with Crippen molar-refractivity contribution in [3.63, 3.8) is 0 Å². The summed E-state index contributed by atoms with van der Waals surface area (Å²) in [5.41, 5.74) is 3.18. The van der Waals surface area contributed by atoms with Gasteiger partial charge < -0.3 is 5.32 Å².